The van der Waals surface area contributed by atoms with E-state index in [1.54, 1.807) is 55.6 Å². The number of ether oxygens (including phenoxy) is 1. The third kappa shape index (κ3) is 4.72. The molecule has 0 bridgehead atoms. The first kappa shape index (κ1) is 16.8. The van der Waals surface area contributed by atoms with Crippen molar-refractivity contribution in [1.82, 2.24) is 5.32 Å². The number of carboxylic acid groups (broad SMARTS) is 1. The quantitative estimate of drug-likeness (QED) is 0.852. The van der Waals surface area contributed by atoms with Crippen molar-refractivity contribution in [2.45, 2.75) is 12.5 Å². The third-order valence-electron chi connectivity index (χ3n) is 3.31. The maximum absolute atomic E-state index is 12.1. The molecule has 0 aliphatic heterocycles. The molecule has 0 aromatic heterocycles. The normalized spacial score (nSPS) is 11.6. The van der Waals surface area contributed by atoms with E-state index in [1.165, 1.54) is 0 Å². The lowest BCUT2D eigenvalue weighted by molar-refractivity contribution is -0.139. The molecule has 2 N–H and O–H groups in total. The van der Waals surface area contributed by atoms with Gasteiger partial charge in [0.2, 0.25) is 0 Å². The molecule has 23 heavy (non-hydrogen) atoms. The van der Waals surface area contributed by atoms with E-state index < -0.39 is 17.9 Å². The Morgan fingerprint density at radius 3 is 2.26 bits per heavy atom. The molecule has 0 aliphatic carbocycles. The van der Waals surface area contributed by atoms with E-state index in [4.69, 9.17) is 16.3 Å². The van der Waals surface area contributed by atoms with E-state index in [9.17, 15) is 14.7 Å². The fourth-order valence-corrected chi connectivity index (χ4v) is 2.17. The topological polar surface area (TPSA) is 75.6 Å². The molecule has 0 aliphatic rings. The number of benzene rings is 2. The van der Waals surface area contributed by atoms with Gasteiger partial charge < -0.3 is 15.2 Å². The predicted molar refractivity (Wildman–Crippen MR) is 87.0 cm³/mol. The molecule has 0 fully saturated rings. The zero-order chi connectivity index (χ0) is 16.8. The summed E-state index contributed by atoms with van der Waals surface area (Å²) in [4.78, 5) is 23.5. The van der Waals surface area contributed by atoms with Gasteiger partial charge in [-0.25, -0.2) is 4.79 Å². The van der Waals surface area contributed by atoms with E-state index in [-0.39, 0.29) is 6.42 Å². The van der Waals surface area contributed by atoms with Crippen LogP contribution in [0.25, 0.3) is 0 Å². The van der Waals surface area contributed by atoms with E-state index in [0.29, 0.717) is 16.3 Å². The zero-order valence-corrected chi connectivity index (χ0v) is 13.2. The Bertz CT molecular complexity index is 683. The van der Waals surface area contributed by atoms with Gasteiger partial charge in [-0.15, -0.1) is 0 Å². The maximum atomic E-state index is 12.1. The molecule has 120 valence electrons. The van der Waals surface area contributed by atoms with Crippen LogP contribution in [-0.4, -0.2) is 30.1 Å². The van der Waals surface area contributed by atoms with Crippen LogP contribution >= 0.6 is 11.6 Å². The highest BCUT2D eigenvalue weighted by Crippen LogP contribution is 2.14. The van der Waals surface area contributed by atoms with Crippen LogP contribution in [0.4, 0.5) is 0 Å². The minimum atomic E-state index is -1.09. The van der Waals surface area contributed by atoms with Crippen molar-refractivity contribution < 1.29 is 19.4 Å². The first-order chi connectivity index (χ1) is 11.0. The highest BCUT2D eigenvalue weighted by molar-refractivity contribution is 6.30. The average Bonchev–Trinajstić information content (AvgIpc) is 2.55. The number of halogens is 1. The zero-order valence-electron chi connectivity index (χ0n) is 12.5. The molecular weight excluding hydrogens is 318 g/mol. The molecule has 6 heteroatoms. The minimum Gasteiger partial charge on any atom is -0.497 e. The first-order valence-corrected chi connectivity index (χ1v) is 7.29. The monoisotopic (exact) mass is 333 g/mol. The van der Waals surface area contributed by atoms with Crippen LogP contribution in [0, 0.1) is 0 Å². The summed E-state index contributed by atoms with van der Waals surface area (Å²) in [6.07, 6.45) is 0.179. The second-order valence-corrected chi connectivity index (χ2v) is 5.36. The molecule has 0 saturated heterocycles. The van der Waals surface area contributed by atoms with E-state index in [0.717, 1.165) is 5.56 Å². The standard InChI is InChI=1S/C17H16ClNO4/c1-23-14-8-2-11(3-9-14)10-15(17(21)22)19-16(20)12-4-6-13(18)7-5-12/h2-9,15H,10H2,1H3,(H,19,20)(H,21,22)/t15-/m0/s1. The molecule has 0 heterocycles. The van der Waals surface area contributed by atoms with Crippen LogP contribution in [0.5, 0.6) is 5.75 Å². The van der Waals surface area contributed by atoms with Gasteiger partial charge in [-0.1, -0.05) is 23.7 Å². The number of rotatable bonds is 6. The molecule has 1 amide bonds. The third-order valence-corrected chi connectivity index (χ3v) is 3.56. The smallest absolute Gasteiger partial charge is 0.326 e. The molecule has 2 rings (SSSR count). The summed E-state index contributed by atoms with van der Waals surface area (Å²) < 4.78 is 5.06. The fraction of sp³-hybridized carbons (Fsp3) is 0.176. The van der Waals surface area contributed by atoms with Crippen LogP contribution in [0.1, 0.15) is 15.9 Å². The first-order valence-electron chi connectivity index (χ1n) is 6.92. The van der Waals surface area contributed by atoms with Crippen LogP contribution in [0.15, 0.2) is 48.5 Å². The Morgan fingerprint density at radius 1 is 1.13 bits per heavy atom. The average molecular weight is 334 g/mol. The van der Waals surface area contributed by atoms with Gasteiger partial charge in [0.1, 0.15) is 11.8 Å². The molecule has 0 spiro atoms. The summed E-state index contributed by atoms with van der Waals surface area (Å²) in [6, 6.07) is 12.3. The largest absolute Gasteiger partial charge is 0.497 e. The Kier molecular flexibility index (Phi) is 5.60. The molecule has 0 unspecified atom stereocenters. The Balaban J connectivity index is 2.07. The van der Waals surface area contributed by atoms with Crippen molar-refractivity contribution in [1.29, 1.82) is 0 Å². The van der Waals surface area contributed by atoms with Gasteiger partial charge in [-0.3, -0.25) is 4.79 Å². The lowest BCUT2D eigenvalue weighted by Crippen LogP contribution is -2.42. The maximum Gasteiger partial charge on any atom is 0.326 e. The fourth-order valence-electron chi connectivity index (χ4n) is 2.04. The summed E-state index contributed by atoms with van der Waals surface area (Å²) in [5, 5.41) is 12.3. The summed E-state index contributed by atoms with van der Waals surface area (Å²) in [7, 11) is 1.56. The number of hydrogen-bond donors (Lipinski definition) is 2. The van der Waals surface area contributed by atoms with Gasteiger partial charge in [0, 0.05) is 17.0 Å². The summed E-state index contributed by atoms with van der Waals surface area (Å²) in [5.74, 6) is -0.864. The molecule has 1 atom stereocenters. The lowest BCUT2D eigenvalue weighted by atomic mass is 10.1. The Morgan fingerprint density at radius 2 is 1.74 bits per heavy atom. The van der Waals surface area contributed by atoms with Gasteiger partial charge in [0.05, 0.1) is 7.11 Å². The highest BCUT2D eigenvalue weighted by Gasteiger charge is 2.21. The van der Waals surface area contributed by atoms with Gasteiger partial charge >= 0.3 is 5.97 Å². The van der Waals surface area contributed by atoms with Gasteiger partial charge in [-0.2, -0.15) is 0 Å². The van der Waals surface area contributed by atoms with Gasteiger partial charge in [0.25, 0.3) is 5.91 Å². The van der Waals surface area contributed by atoms with Crippen LogP contribution < -0.4 is 10.1 Å². The summed E-state index contributed by atoms with van der Waals surface area (Å²) >= 11 is 5.77. The van der Waals surface area contributed by atoms with Crippen LogP contribution in [0.2, 0.25) is 5.02 Å². The number of carbonyl (C=O) groups excluding carboxylic acids is 1. The predicted octanol–water partition coefficient (Wildman–Crippen LogP) is 2.77. The highest BCUT2D eigenvalue weighted by atomic mass is 35.5. The second-order valence-electron chi connectivity index (χ2n) is 4.92. The number of nitrogens with one attached hydrogen (secondary N) is 1. The molecule has 2 aromatic rings. The number of amides is 1. The van der Waals surface area contributed by atoms with Crippen molar-refractivity contribution in [2.75, 3.05) is 7.11 Å². The minimum absolute atomic E-state index is 0.179. The van der Waals surface area contributed by atoms with Crippen molar-refractivity contribution >= 4 is 23.5 Å². The van der Waals surface area contributed by atoms with Gasteiger partial charge in [-0.05, 0) is 42.0 Å². The number of carbonyl (C=O) groups is 2. The molecule has 2 aromatic carbocycles. The molecule has 5 nitrogen and oxygen atoms in total. The van der Waals surface area contributed by atoms with Gasteiger partial charge in [0.15, 0.2) is 0 Å². The van der Waals surface area contributed by atoms with E-state index in [2.05, 4.69) is 5.32 Å². The van der Waals surface area contributed by atoms with Crippen LogP contribution in [-0.2, 0) is 11.2 Å². The van der Waals surface area contributed by atoms with Crippen molar-refractivity contribution in [3.8, 4) is 5.75 Å². The van der Waals surface area contributed by atoms with Crippen molar-refractivity contribution in [3.63, 3.8) is 0 Å². The van der Waals surface area contributed by atoms with Crippen molar-refractivity contribution in [3.05, 3.63) is 64.7 Å². The number of methoxy groups -OCH3 is 1. The lowest BCUT2D eigenvalue weighted by Gasteiger charge is -2.15. The Labute approximate surface area is 138 Å². The van der Waals surface area contributed by atoms with E-state index in [1.807, 2.05) is 0 Å². The molecule has 0 saturated carbocycles. The number of aliphatic carboxylic acids is 1. The molecular formula is C17H16ClNO4. The number of hydrogen-bond acceptors (Lipinski definition) is 3. The second kappa shape index (κ2) is 7.65. The number of carboxylic acids is 1. The van der Waals surface area contributed by atoms with E-state index >= 15 is 0 Å². The summed E-state index contributed by atoms with van der Waals surface area (Å²) in [5.41, 5.74) is 1.14. The van der Waals surface area contributed by atoms with Crippen molar-refractivity contribution in [2.24, 2.45) is 0 Å². The SMILES string of the molecule is COc1ccc(C[C@H](NC(=O)c2ccc(Cl)cc2)C(=O)O)cc1. The summed E-state index contributed by atoms with van der Waals surface area (Å²) in [6.45, 7) is 0. The Hall–Kier alpha value is -2.53. The molecule has 0 radical (unpaired) electrons. The van der Waals surface area contributed by atoms with Crippen LogP contribution in [0.3, 0.4) is 0 Å².